The number of nitrogens with one attached hydrogen (secondary N) is 1. The zero-order valence-electron chi connectivity index (χ0n) is 18.3. The summed E-state index contributed by atoms with van der Waals surface area (Å²) in [5.74, 6) is 1.70. The molecule has 172 valence electrons. The molecular weight excluding hydrogens is 446 g/mol. The first-order valence-corrected chi connectivity index (χ1v) is 12.7. The molecule has 3 heterocycles. The van der Waals surface area contributed by atoms with Crippen LogP contribution in [0.1, 0.15) is 60.3 Å². The van der Waals surface area contributed by atoms with E-state index in [0.717, 1.165) is 66.9 Å². The van der Waals surface area contributed by atoms with Crippen molar-refractivity contribution in [3.8, 4) is 0 Å². The summed E-state index contributed by atoms with van der Waals surface area (Å²) in [5.41, 5.74) is 1.88. The number of anilines is 1. The van der Waals surface area contributed by atoms with E-state index in [9.17, 15) is 9.90 Å². The number of carbonyl (C=O) groups is 1. The lowest BCUT2D eigenvalue weighted by Crippen LogP contribution is -2.57. The van der Waals surface area contributed by atoms with Crippen LogP contribution >= 0.6 is 22.9 Å². The van der Waals surface area contributed by atoms with Gasteiger partial charge in [-0.15, -0.1) is 11.3 Å². The molecule has 2 aromatic heterocycles. The standard InChI is InChI=1S/C23H30ClN5O2S/c1-14-10-17(31)21-20(14)23(27-13-26-21)29-8-6-28(7-9-29)22(25-11-15-2-3-15)16(12-30)18-4-5-19(24)32-18/h4-5,12-17,22,25,31H,2-3,6-11H2,1H3/t14-,16?,17+,22?/m1/s1. The van der Waals surface area contributed by atoms with Crippen molar-refractivity contribution in [3.05, 3.63) is 38.9 Å². The molecule has 32 heavy (non-hydrogen) atoms. The minimum absolute atomic E-state index is 0.0400. The number of aromatic nitrogens is 2. The van der Waals surface area contributed by atoms with E-state index in [4.69, 9.17) is 11.6 Å². The fourth-order valence-electron chi connectivity index (χ4n) is 5.06. The van der Waals surface area contributed by atoms with Crippen molar-refractivity contribution in [2.75, 3.05) is 37.6 Å². The minimum Gasteiger partial charge on any atom is -0.387 e. The number of nitrogens with zero attached hydrogens (tertiary/aromatic N) is 4. The Morgan fingerprint density at radius 2 is 2.06 bits per heavy atom. The smallest absolute Gasteiger partial charge is 0.135 e. The molecule has 5 rings (SSSR count). The Bertz CT molecular complexity index is 960. The second-order valence-electron chi connectivity index (χ2n) is 9.27. The van der Waals surface area contributed by atoms with Gasteiger partial charge in [0.1, 0.15) is 18.4 Å². The maximum absolute atomic E-state index is 12.2. The van der Waals surface area contributed by atoms with Crippen LogP contribution in [0.5, 0.6) is 0 Å². The number of halogens is 1. The van der Waals surface area contributed by atoms with Crippen LogP contribution in [0.2, 0.25) is 4.34 Å². The predicted octanol–water partition coefficient (Wildman–Crippen LogP) is 3.16. The summed E-state index contributed by atoms with van der Waals surface area (Å²) < 4.78 is 0.714. The van der Waals surface area contributed by atoms with Crippen LogP contribution in [0.15, 0.2) is 18.5 Å². The zero-order chi connectivity index (χ0) is 22.2. The predicted molar refractivity (Wildman–Crippen MR) is 126 cm³/mol. The fraction of sp³-hybridized carbons (Fsp3) is 0.609. The number of piperazine rings is 1. The van der Waals surface area contributed by atoms with Gasteiger partial charge in [0.2, 0.25) is 0 Å². The normalized spacial score (nSPS) is 25.5. The van der Waals surface area contributed by atoms with Gasteiger partial charge in [0.25, 0.3) is 0 Å². The SMILES string of the molecule is C[C@@H]1C[C@H](O)c2ncnc(N3CCN(C(NCC4CC4)C(C=O)c4ccc(Cl)s4)CC3)c21. The van der Waals surface area contributed by atoms with Gasteiger partial charge in [-0.3, -0.25) is 4.90 Å². The number of hydrogen-bond donors (Lipinski definition) is 2. The summed E-state index contributed by atoms with van der Waals surface area (Å²) in [6, 6.07) is 3.85. The molecule has 2 N–H and O–H groups in total. The molecule has 1 saturated heterocycles. The fourth-order valence-corrected chi connectivity index (χ4v) is 6.21. The highest BCUT2D eigenvalue weighted by molar-refractivity contribution is 7.16. The number of thiophene rings is 1. The molecule has 1 aliphatic heterocycles. The van der Waals surface area contributed by atoms with Gasteiger partial charge in [0.15, 0.2) is 0 Å². The molecule has 2 fully saturated rings. The summed E-state index contributed by atoms with van der Waals surface area (Å²) in [5, 5.41) is 14.0. The number of aliphatic hydroxyl groups is 1. The van der Waals surface area contributed by atoms with E-state index in [-0.39, 0.29) is 18.0 Å². The highest BCUT2D eigenvalue weighted by Crippen LogP contribution is 2.43. The van der Waals surface area contributed by atoms with Crippen molar-refractivity contribution in [2.24, 2.45) is 5.92 Å². The summed E-state index contributed by atoms with van der Waals surface area (Å²) in [6.07, 6.45) is 5.36. The highest BCUT2D eigenvalue weighted by atomic mass is 35.5. The summed E-state index contributed by atoms with van der Waals surface area (Å²) in [7, 11) is 0. The summed E-state index contributed by atoms with van der Waals surface area (Å²) >= 11 is 7.67. The summed E-state index contributed by atoms with van der Waals surface area (Å²) in [6.45, 7) is 6.40. The lowest BCUT2D eigenvalue weighted by atomic mass is 10.0. The Morgan fingerprint density at radius 1 is 1.28 bits per heavy atom. The Morgan fingerprint density at radius 3 is 2.72 bits per heavy atom. The van der Waals surface area contributed by atoms with Crippen LogP contribution in [-0.4, -0.2) is 65.2 Å². The number of fused-ring (bicyclic) bond motifs is 1. The van der Waals surface area contributed by atoms with Gasteiger partial charge >= 0.3 is 0 Å². The third-order valence-electron chi connectivity index (χ3n) is 7.01. The molecule has 0 bridgehead atoms. The zero-order valence-corrected chi connectivity index (χ0v) is 19.9. The molecule has 0 aromatic carbocycles. The van der Waals surface area contributed by atoms with Crippen molar-refractivity contribution < 1.29 is 9.90 Å². The van der Waals surface area contributed by atoms with Crippen molar-refractivity contribution in [3.63, 3.8) is 0 Å². The quantitative estimate of drug-likeness (QED) is 0.567. The van der Waals surface area contributed by atoms with Crippen LogP contribution in [0, 0.1) is 5.92 Å². The Kier molecular flexibility index (Phi) is 6.49. The van der Waals surface area contributed by atoms with Crippen LogP contribution in [0.3, 0.4) is 0 Å². The number of hydrogen-bond acceptors (Lipinski definition) is 8. The first kappa shape index (κ1) is 22.2. The average Bonchev–Trinajstić information content (AvgIpc) is 3.46. The van der Waals surface area contributed by atoms with E-state index in [2.05, 4.69) is 32.0 Å². The molecule has 2 unspecified atom stereocenters. The third-order valence-corrected chi connectivity index (χ3v) is 8.34. The van der Waals surface area contributed by atoms with Crippen LogP contribution < -0.4 is 10.2 Å². The van der Waals surface area contributed by atoms with Gasteiger partial charge in [-0.05, 0) is 49.8 Å². The third kappa shape index (κ3) is 4.43. The molecule has 0 radical (unpaired) electrons. The second-order valence-corrected chi connectivity index (χ2v) is 11.0. The van der Waals surface area contributed by atoms with E-state index in [1.54, 1.807) is 6.33 Å². The van der Waals surface area contributed by atoms with Gasteiger partial charge in [0.05, 0.1) is 28.2 Å². The van der Waals surface area contributed by atoms with Crippen molar-refractivity contribution in [2.45, 2.75) is 50.3 Å². The Balaban J connectivity index is 1.32. The first-order chi connectivity index (χ1) is 15.5. The van der Waals surface area contributed by atoms with E-state index < -0.39 is 6.10 Å². The van der Waals surface area contributed by atoms with E-state index >= 15 is 0 Å². The van der Waals surface area contributed by atoms with Crippen molar-refractivity contribution in [1.29, 1.82) is 0 Å². The summed E-state index contributed by atoms with van der Waals surface area (Å²) in [4.78, 5) is 26.8. The van der Waals surface area contributed by atoms with Gasteiger partial charge in [0, 0.05) is 36.6 Å². The molecular formula is C23H30ClN5O2S. The molecule has 0 spiro atoms. The van der Waals surface area contributed by atoms with Crippen LogP contribution in [0.4, 0.5) is 5.82 Å². The highest BCUT2D eigenvalue weighted by Gasteiger charge is 2.36. The topological polar surface area (TPSA) is 81.6 Å². The number of rotatable bonds is 8. The van der Waals surface area contributed by atoms with E-state index in [0.29, 0.717) is 10.8 Å². The molecule has 0 amide bonds. The first-order valence-electron chi connectivity index (χ1n) is 11.5. The van der Waals surface area contributed by atoms with Crippen molar-refractivity contribution >= 4 is 35.0 Å². The van der Waals surface area contributed by atoms with E-state index in [1.165, 1.54) is 24.2 Å². The number of aldehydes is 1. The molecule has 7 nitrogen and oxygen atoms in total. The number of aliphatic hydroxyl groups excluding tert-OH is 1. The van der Waals surface area contributed by atoms with Gasteiger partial charge in [-0.1, -0.05) is 18.5 Å². The van der Waals surface area contributed by atoms with Gasteiger partial charge < -0.3 is 20.1 Å². The number of carbonyl (C=O) groups excluding carboxylic acids is 1. The Labute approximate surface area is 197 Å². The maximum atomic E-state index is 12.2. The Hall–Kier alpha value is -1.58. The lowest BCUT2D eigenvalue weighted by Gasteiger charge is -2.42. The molecule has 3 aliphatic rings. The van der Waals surface area contributed by atoms with Crippen molar-refractivity contribution in [1.82, 2.24) is 20.2 Å². The largest absolute Gasteiger partial charge is 0.387 e. The molecule has 2 aliphatic carbocycles. The maximum Gasteiger partial charge on any atom is 0.135 e. The second kappa shape index (κ2) is 9.35. The molecule has 1 saturated carbocycles. The van der Waals surface area contributed by atoms with Gasteiger partial charge in [-0.25, -0.2) is 9.97 Å². The lowest BCUT2D eigenvalue weighted by molar-refractivity contribution is -0.110. The monoisotopic (exact) mass is 475 g/mol. The van der Waals surface area contributed by atoms with Gasteiger partial charge in [-0.2, -0.15) is 0 Å². The van der Waals surface area contributed by atoms with Crippen LogP contribution in [0.25, 0.3) is 0 Å². The molecule has 9 heteroatoms. The molecule has 4 atom stereocenters. The van der Waals surface area contributed by atoms with E-state index in [1.807, 2.05) is 12.1 Å². The minimum atomic E-state index is -0.495. The van der Waals surface area contributed by atoms with Crippen LogP contribution in [-0.2, 0) is 4.79 Å². The average molecular weight is 476 g/mol. The molecule has 2 aromatic rings.